The van der Waals surface area contributed by atoms with E-state index in [-0.39, 0.29) is 5.91 Å². The fourth-order valence-electron chi connectivity index (χ4n) is 4.89. The first kappa shape index (κ1) is 22.7. The van der Waals surface area contributed by atoms with E-state index in [0.717, 1.165) is 46.7 Å². The molecule has 6 nitrogen and oxygen atoms in total. The van der Waals surface area contributed by atoms with E-state index >= 15 is 0 Å². The fraction of sp³-hybridized carbons (Fsp3) is 0.241. The number of rotatable bonds is 3. The number of amides is 1. The highest BCUT2D eigenvalue weighted by Crippen LogP contribution is 2.39. The van der Waals surface area contributed by atoms with Gasteiger partial charge in [0, 0.05) is 61.3 Å². The van der Waals surface area contributed by atoms with Crippen molar-refractivity contribution in [2.24, 2.45) is 0 Å². The molecule has 1 amide bonds. The summed E-state index contributed by atoms with van der Waals surface area (Å²) in [5.41, 5.74) is 8.72. The van der Waals surface area contributed by atoms with E-state index in [1.807, 2.05) is 40.1 Å². The number of hydrogen-bond acceptors (Lipinski definition) is 4. The second-order valence-electron chi connectivity index (χ2n) is 8.68. The Morgan fingerprint density at radius 3 is 2.66 bits per heavy atom. The molecule has 3 aromatic heterocycles. The molecule has 0 saturated carbocycles. The number of aromatic nitrogens is 2. The molecule has 0 spiro atoms. The van der Waals surface area contributed by atoms with Gasteiger partial charge in [-0.3, -0.25) is 4.79 Å². The number of para-hydroxylation sites is 1. The minimum absolute atomic E-state index is 0.166. The summed E-state index contributed by atoms with van der Waals surface area (Å²) in [5, 5.41) is 4.71. The Labute approximate surface area is 205 Å². The Morgan fingerprint density at radius 1 is 1.09 bits per heavy atom. The van der Waals surface area contributed by atoms with E-state index in [2.05, 4.69) is 57.2 Å². The van der Waals surface area contributed by atoms with Crippen LogP contribution >= 0.6 is 0 Å². The summed E-state index contributed by atoms with van der Waals surface area (Å²) >= 11 is 0. The number of benzene rings is 2. The maximum absolute atomic E-state index is 12.4. The van der Waals surface area contributed by atoms with Crippen LogP contribution < -0.4 is 10.2 Å². The molecule has 0 aliphatic carbocycles. The first-order chi connectivity index (χ1) is 17.0. The molecule has 0 atom stereocenters. The predicted octanol–water partition coefficient (Wildman–Crippen LogP) is 6.12. The maximum Gasteiger partial charge on any atom is 0.254 e. The van der Waals surface area contributed by atoms with Gasteiger partial charge in [-0.25, -0.2) is 4.98 Å². The third-order valence-corrected chi connectivity index (χ3v) is 6.56. The van der Waals surface area contributed by atoms with Crippen molar-refractivity contribution < 1.29 is 9.21 Å². The number of nitrogens with one attached hydrogen (secondary N) is 1. The van der Waals surface area contributed by atoms with Crippen LogP contribution in [-0.4, -0.2) is 36.6 Å². The van der Waals surface area contributed by atoms with Crippen LogP contribution in [0.15, 0.2) is 65.3 Å². The SMILES string of the molecule is CC.CNC(=O)c1coc2cc(N(C)C)c(-c3ccc4c(n3)-c3cc5ccccc5n3CC4)cc12. The highest BCUT2D eigenvalue weighted by atomic mass is 16.3. The molecule has 0 unspecified atom stereocenters. The second-order valence-corrected chi connectivity index (χ2v) is 8.68. The lowest BCUT2D eigenvalue weighted by Gasteiger charge is -2.22. The van der Waals surface area contributed by atoms with Crippen molar-refractivity contribution in [2.75, 3.05) is 26.0 Å². The fourth-order valence-corrected chi connectivity index (χ4v) is 4.89. The molecule has 0 saturated heterocycles. The Morgan fingerprint density at radius 2 is 1.89 bits per heavy atom. The van der Waals surface area contributed by atoms with Crippen LogP contribution in [0.4, 0.5) is 5.69 Å². The van der Waals surface area contributed by atoms with Crippen molar-refractivity contribution in [1.29, 1.82) is 0 Å². The van der Waals surface area contributed by atoms with E-state index in [4.69, 9.17) is 9.40 Å². The van der Waals surface area contributed by atoms with Crippen LogP contribution in [0.25, 0.3) is 44.5 Å². The van der Waals surface area contributed by atoms with Gasteiger partial charge < -0.3 is 19.2 Å². The average molecular weight is 467 g/mol. The summed E-state index contributed by atoms with van der Waals surface area (Å²) in [6, 6.07) is 19.0. The zero-order valence-electron chi connectivity index (χ0n) is 20.8. The molecule has 5 aromatic rings. The van der Waals surface area contributed by atoms with Gasteiger partial charge in [-0.2, -0.15) is 0 Å². The Kier molecular flexibility index (Phi) is 5.81. The third kappa shape index (κ3) is 3.66. The van der Waals surface area contributed by atoms with Gasteiger partial charge in [-0.1, -0.05) is 38.1 Å². The smallest absolute Gasteiger partial charge is 0.254 e. The Balaban J connectivity index is 0.00000124. The standard InChI is InChI=1S/C27H24N4O2.C2H6/c1-28-27(32)20-15-33-25-14-23(30(2)3)19(13-18(20)25)21-9-8-16-10-11-31-22-7-5-4-6-17(22)12-24(31)26(16)29-21;1-2/h4-9,12-15H,10-11H2,1-3H3,(H,28,32);1-2H3. The number of aryl methyl sites for hydroxylation is 2. The highest BCUT2D eigenvalue weighted by Gasteiger charge is 2.23. The van der Waals surface area contributed by atoms with E-state index < -0.39 is 0 Å². The zero-order valence-corrected chi connectivity index (χ0v) is 20.8. The van der Waals surface area contributed by atoms with E-state index in [1.165, 1.54) is 22.7 Å². The lowest BCUT2D eigenvalue weighted by Crippen LogP contribution is -2.17. The number of pyridine rings is 1. The Bertz CT molecular complexity index is 1560. The number of anilines is 1. The number of carbonyl (C=O) groups is 1. The number of carbonyl (C=O) groups excluding carboxylic acids is 1. The maximum atomic E-state index is 12.4. The Hall–Kier alpha value is -4.06. The normalized spacial score (nSPS) is 12.0. The van der Waals surface area contributed by atoms with Crippen molar-refractivity contribution in [3.63, 3.8) is 0 Å². The van der Waals surface area contributed by atoms with Crippen molar-refractivity contribution >= 4 is 33.5 Å². The number of fused-ring (bicyclic) bond motifs is 6. The molecular formula is C29H30N4O2. The molecular weight excluding hydrogens is 436 g/mol. The number of furan rings is 1. The molecule has 0 radical (unpaired) electrons. The van der Waals surface area contributed by atoms with Gasteiger partial charge in [-0.15, -0.1) is 0 Å². The van der Waals surface area contributed by atoms with Crippen LogP contribution in [0.3, 0.4) is 0 Å². The summed E-state index contributed by atoms with van der Waals surface area (Å²) in [5.74, 6) is -0.166. The van der Waals surface area contributed by atoms with Gasteiger partial charge >= 0.3 is 0 Å². The average Bonchev–Trinajstić information content (AvgIpc) is 3.49. The van der Waals surface area contributed by atoms with Crippen LogP contribution in [0.2, 0.25) is 0 Å². The largest absolute Gasteiger partial charge is 0.463 e. The molecule has 35 heavy (non-hydrogen) atoms. The summed E-state index contributed by atoms with van der Waals surface area (Å²) in [6.07, 6.45) is 2.47. The molecule has 6 heteroatoms. The summed E-state index contributed by atoms with van der Waals surface area (Å²) < 4.78 is 8.08. The molecule has 6 rings (SSSR count). The lowest BCUT2D eigenvalue weighted by atomic mass is 9.99. The van der Waals surface area contributed by atoms with Gasteiger partial charge in [0.15, 0.2) is 0 Å². The summed E-state index contributed by atoms with van der Waals surface area (Å²) in [6.45, 7) is 4.95. The lowest BCUT2D eigenvalue weighted by molar-refractivity contribution is 0.0964. The molecule has 178 valence electrons. The molecule has 1 aliphatic rings. The molecule has 0 bridgehead atoms. The van der Waals surface area contributed by atoms with Crippen molar-refractivity contribution in [2.45, 2.75) is 26.8 Å². The number of nitrogens with zero attached hydrogens (tertiary/aromatic N) is 3. The quantitative estimate of drug-likeness (QED) is 0.348. The van der Waals surface area contributed by atoms with Crippen LogP contribution in [0.5, 0.6) is 0 Å². The van der Waals surface area contributed by atoms with Crippen LogP contribution in [0, 0.1) is 0 Å². The molecule has 1 N–H and O–H groups in total. The van der Waals surface area contributed by atoms with Crippen molar-refractivity contribution in [1.82, 2.24) is 14.9 Å². The monoisotopic (exact) mass is 466 g/mol. The topological polar surface area (TPSA) is 63.3 Å². The van der Waals surface area contributed by atoms with Gasteiger partial charge in [0.2, 0.25) is 0 Å². The predicted molar refractivity (Wildman–Crippen MR) is 143 cm³/mol. The highest BCUT2D eigenvalue weighted by molar-refractivity contribution is 6.08. The first-order valence-corrected chi connectivity index (χ1v) is 12.1. The van der Waals surface area contributed by atoms with E-state index in [1.54, 1.807) is 7.05 Å². The van der Waals surface area contributed by atoms with Gasteiger partial charge in [-0.05, 0) is 36.2 Å². The van der Waals surface area contributed by atoms with Crippen molar-refractivity contribution in [3.05, 3.63) is 72.0 Å². The van der Waals surface area contributed by atoms with Crippen molar-refractivity contribution in [3.8, 4) is 22.6 Å². The van der Waals surface area contributed by atoms with E-state index in [0.29, 0.717) is 11.1 Å². The zero-order chi connectivity index (χ0) is 24.7. The number of hydrogen-bond donors (Lipinski definition) is 1. The minimum atomic E-state index is -0.166. The summed E-state index contributed by atoms with van der Waals surface area (Å²) in [7, 11) is 5.63. The van der Waals surface area contributed by atoms with E-state index in [9.17, 15) is 4.79 Å². The molecule has 0 fully saturated rings. The molecule has 1 aliphatic heterocycles. The van der Waals surface area contributed by atoms with Gasteiger partial charge in [0.1, 0.15) is 11.8 Å². The second kappa shape index (κ2) is 8.95. The van der Waals surface area contributed by atoms with Gasteiger partial charge in [0.25, 0.3) is 5.91 Å². The van der Waals surface area contributed by atoms with Crippen LogP contribution in [0.1, 0.15) is 29.8 Å². The molecule has 4 heterocycles. The third-order valence-electron chi connectivity index (χ3n) is 6.56. The van der Waals surface area contributed by atoms with Crippen LogP contribution in [-0.2, 0) is 13.0 Å². The molecule has 2 aromatic carbocycles. The minimum Gasteiger partial charge on any atom is -0.463 e. The first-order valence-electron chi connectivity index (χ1n) is 12.1. The van der Waals surface area contributed by atoms with Gasteiger partial charge in [0.05, 0.1) is 22.6 Å². The summed E-state index contributed by atoms with van der Waals surface area (Å²) in [4.78, 5) is 19.6.